The number of carboxylic acids is 5. The van der Waals surface area contributed by atoms with E-state index in [0.717, 1.165) is 39.0 Å². The van der Waals surface area contributed by atoms with Crippen molar-refractivity contribution < 1.29 is 122 Å². The quantitative estimate of drug-likeness (QED) is 0.0237. The molecule has 0 saturated carbocycles. The number of ketones is 6. The minimum absolute atomic E-state index is 0.00422. The van der Waals surface area contributed by atoms with Gasteiger partial charge in [-0.2, -0.15) is 0 Å². The van der Waals surface area contributed by atoms with Crippen LogP contribution in [0.2, 0.25) is 0 Å². The highest BCUT2D eigenvalue weighted by atomic mass is 16.4. The van der Waals surface area contributed by atoms with Crippen LogP contribution in [-0.2, 0) is 112 Å². The minimum Gasteiger partial charge on any atom is -0.508 e. The summed E-state index contributed by atoms with van der Waals surface area (Å²) in [5, 5.41) is 92.4. The number of aromatic hydroxyl groups is 1. The summed E-state index contributed by atoms with van der Waals surface area (Å²) in [6.07, 6.45) is -9.56. The van der Waals surface area contributed by atoms with Crippen molar-refractivity contribution in [1.82, 2.24) is 56.9 Å². The van der Waals surface area contributed by atoms with E-state index in [9.17, 15) is 122 Å². The number of hydrogen-bond acceptors (Lipinski definition) is 24. The molecular weight excluding hydrogens is 1700 g/mol. The zero-order valence-corrected chi connectivity index (χ0v) is 73.1. The fourth-order valence-electron chi connectivity index (χ4n) is 14.8. The molecule has 7 aromatic rings. The summed E-state index contributed by atoms with van der Waals surface area (Å²) in [5.74, 6) is -31.8. The number of carbonyl (C=O) groups is 18. The number of nitrogens with two attached hydrogens (primary N) is 2. The number of imidazole rings is 1. The van der Waals surface area contributed by atoms with Crippen molar-refractivity contribution in [2.45, 2.75) is 199 Å². The van der Waals surface area contributed by atoms with Crippen LogP contribution in [-0.4, -0.2) is 215 Å². The number of aliphatic hydroxyl groups excluding tert-OH is 1. The lowest BCUT2D eigenvalue weighted by atomic mass is 9.85. The molecule has 698 valence electrons. The molecule has 131 heavy (non-hydrogen) atoms. The lowest BCUT2D eigenvalue weighted by Gasteiger charge is -2.27. The number of Topliss-reactive ketones (excluding diaryl/α,β-unsaturated/α-hetero) is 6. The van der Waals surface area contributed by atoms with E-state index in [1.165, 1.54) is 75.4 Å². The van der Waals surface area contributed by atoms with Crippen molar-refractivity contribution in [3.8, 4) is 5.75 Å². The molecule has 0 fully saturated rings. The van der Waals surface area contributed by atoms with Gasteiger partial charge in [0, 0.05) is 76.1 Å². The van der Waals surface area contributed by atoms with Gasteiger partial charge in [-0.1, -0.05) is 167 Å². The third-order valence-electron chi connectivity index (χ3n) is 21.6. The molecule has 2 heterocycles. The third-order valence-corrected chi connectivity index (χ3v) is 21.6. The SMILES string of the molecule is CC(C)C[C@H](NC(=O)[C@@H](CC(=O)[C@@H](NC(=O)[C@H](CC(=O)O)CC(=O)[C@H](CC(=O)O)NC(=O)[C@H](CC(=O)O)CC(=O)[C@H](CC(=O)O)NC(=O)[C@H](CC(=O)O)CC(=O)C(N)Cc1cn(Cc2ccc(C(=C(c3ccccc3)c3ccccc3)c3ccccc3)cc2)nn1)C(C)C)Cc1c[nH]cn1)C(=O)CCC(=O)N[C@@H](Cc1ccc(O)cc1)C(=O)C[C@@H](C)C(=O)N[C@H](C(N)=O)C(C)O. The van der Waals surface area contributed by atoms with Crippen LogP contribution >= 0.6 is 0 Å². The summed E-state index contributed by atoms with van der Waals surface area (Å²) >= 11 is 0. The summed E-state index contributed by atoms with van der Waals surface area (Å²) in [6.45, 7) is 9.19. The molecule has 0 aliphatic heterocycles. The molecule has 18 N–H and O–H groups in total. The number of nitrogens with zero attached hydrogens (tertiary/aromatic N) is 4. The van der Waals surface area contributed by atoms with Crippen molar-refractivity contribution in [3.05, 3.63) is 203 Å². The van der Waals surface area contributed by atoms with E-state index in [0.29, 0.717) is 5.56 Å². The number of carbonyl (C=O) groups excluding carboxylic acids is 13. The molecule has 38 nitrogen and oxygen atoms in total. The van der Waals surface area contributed by atoms with Crippen LogP contribution < -0.4 is 43.4 Å². The smallest absolute Gasteiger partial charge is 0.305 e. The van der Waals surface area contributed by atoms with Gasteiger partial charge in [0.2, 0.25) is 41.4 Å². The highest BCUT2D eigenvalue weighted by Crippen LogP contribution is 2.37. The minimum atomic E-state index is -2.23. The van der Waals surface area contributed by atoms with E-state index in [4.69, 9.17) is 11.5 Å². The zero-order valence-electron chi connectivity index (χ0n) is 73.1. The van der Waals surface area contributed by atoms with E-state index >= 15 is 0 Å². The van der Waals surface area contributed by atoms with Crippen LogP contribution in [0.4, 0.5) is 0 Å². The molecule has 7 rings (SSSR count). The molecule has 0 aliphatic rings. The summed E-state index contributed by atoms with van der Waals surface area (Å²) in [4.78, 5) is 249. The Morgan fingerprint density at radius 3 is 1.28 bits per heavy atom. The molecular formula is C93H111N13O25. The fourth-order valence-corrected chi connectivity index (χ4v) is 14.8. The number of amides is 7. The Kier molecular flexibility index (Phi) is 39.8. The first-order valence-corrected chi connectivity index (χ1v) is 42.5. The standard InChI is InChI=1S/C93H111N13O25/c1-50(2)32-68(72(109)30-31-78(115)98-69(34-54-24-28-66(108)29-25-54)74(111)33-52(5)89(127)103-87(53(6)107)88(95)126)99-90(128)60(35-64-46-96-49-97-64)39-77(114)86(51(3)4)102-93(131)63(42-81(120)121)38-76(113)71(45-83(124)125)101-92(130)62(41-80(118)119)37-75(112)70(44-82(122)123)100-91(129)61(40-79(116)117)36-73(110)67(94)43-65-48-106(105-104-65)47-55-22-26-59(27-23-55)85(58-20-14-9-15-21-58)84(56-16-10-7-11-17-56)57-18-12-8-13-19-57/h7-29,46,48-53,60-63,67-71,86-87,107-108H,30-45,47,94H2,1-6H3,(H2,95,126)(H,96,97)(H,98,115)(H,99,128)(H,100,129)(H,101,130)(H,102,131)(H,103,127)(H,116,117)(H,118,119)(H,120,121)(H,122,123)(H,124,125)/t52-,53?,60-,61+,62+,63+,67?,68+,69+,70+,71+,86+,87+/m1/s1. The van der Waals surface area contributed by atoms with Crippen molar-refractivity contribution in [1.29, 1.82) is 0 Å². The van der Waals surface area contributed by atoms with Crippen LogP contribution in [0, 0.1) is 41.4 Å². The first-order valence-electron chi connectivity index (χ1n) is 42.5. The lowest BCUT2D eigenvalue weighted by molar-refractivity contribution is -0.146. The Balaban J connectivity index is 0.989. The number of nitrogens with one attached hydrogen (secondary N) is 7. The van der Waals surface area contributed by atoms with Crippen LogP contribution in [0.1, 0.15) is 170 Å². The van der Waals surface area contributed by atoms with Gasteiger partial charge in [0.15, 0.2) is 34.7 Å². The molecule has 7 amide bonds. The molecule has 0 aliphatic carbocycles. The number of primary amides is 1. The van der Waals surface area contributed by atoms with Gasteiger partial charge in [0.25, 0.3) is 0 Å². The van der Waals surface area contributed by atoms with Crippen molar-refractivity contribution in [2.24, 2.45) is 52.9 Å². The number of H-pyrrole nitrogens is 1. The topological polar surface area (TPSA) is 632 Å². The Bertz CT molecular complexity index is 5190. The molecule has 13 atom stereocenters. The number of aromatic nitrogens is 5. The van der Waals surface area contributed by atoms with Crippen LogP contribution in [0.25, 0.3) is 11.1 Å². The predicted octanol–water partition coefficient (Wildman–Crippen LogP) is 4.21. The normalized spacial score (nSPS) is 14.2. The van der Waals surface area contributed by atoms with E-state index in [-0.39, 0.29) is 55.3 Å². The number of benzene rings is 5. The monoisotopic (exact) mass is 1810 g/mol. The molecule has 0 spiro atoms. The van der Waals surface area contributed by atoms with Crippen molar-refractivity contribution in [3.63, 3.8) is 0 Å². The molecule has 0 radical (unpaired) electrons. The second-order valence-corrected chi connectivity index (χ2v) is 33.2. The second-order valence-electron chi connectivity index (χ2n) is 33.2. The molecule has 5 aromatic carbocycles. The number of carboxylic acid groups (broad SMARTS) is 5. The van der Waals surface area contributed by atoms with Gasteiger partial charge < -0.3 is 84.1 Å². The number of phenols is 1. The van der Waals surface area contributed by atoms with E-state index in [1.54, 1.807) is 13.8 Å². The Hall–Kier alpha value is -14.4. The van der Waals surface area contributed by atoms with Gasteiger partial charge in [-0.15, -0.1) is 5.10 Å². The number of phenolic OH excluding ortho intramolecular Hbond substituents is 1. The summed E-state index contributed by atoms with van der Waals surface area (Å²) in [7, 11) is 0. The van der Waals surface area contributed by atoms with Gasteiger partial charge in [0.1, 0.15) is 11.8 Å². The van der Waals surface area contributed by atoms with Crippen molar-refractivity contribution in [2.75, 3.05) is 0 Å². The molecule has 2 unspecified atom stereocenters. The lowest BCUT2D eigenvalue weighted by Crippen LogP contribution is -2.52. The number of aliphatic carboxylic acids is 5. The first kappa shape index (κ1) is 104. The van der Waals surface area contributed by atoms with Gasteiger partial charge in [-0.25, -0.2) is 9.67 Å². The fraction of sp³-hybridized carbons (Fsp3) is 0.409. The van der Waals surface area contributed by atoms with Crippen LogP contribution in [0.15, 0.2) is 158 Å². The van der Waals surface area contributed by atoms with Crippen molar-refractivity contribution >= 4 is 117 Å². The summed E-state index contributed by atoms with van der Waals surface area (Å²) in [6, 6.07) is 32.0. The molecule has 0 bridgehead atoms. The predicted molar refractivity (Wildman–Crippen MR) is 469 cm³/mol. The van der Waals surface area contributed by atoms with Gasteiger partial charge in [0.05, 0.1) is 122 Å². The molecule has 2 aromatic heterocycles. The van der Waals surface area contributed by atoms with Crippen LogP contribution in [0.3, 0.4) is 0 Å². The Morgan fingerprint density at radius 1 is 0.412 bits per heavy atom. The first-order chi connectivity index (χ1) is 62.0. The average Bonchev–Trinajstić information content (AvgIpc) is 0.996. The Labute approximate surface area is 753 Å². The number of hydrogen-bond donors (Lipinski definition) is 16. The van der Waals surface area contributed by atoms with Crippen LogP contribution in [0.5, 0.6) is 5.75 Å². The molecule has 0 saturated heterocycles. The average molecular weight is 1810 g/mol. The van der Waals surface area contributed by atoms with Gasteiger partial charge in [-0.05, 0) is 88.3 Å². The molecule has 38 heteroatoms. The maximum Gasteiger partial charge on any atom is 0.305 e. The number of rotatable bonds is 57. The third kappa shape index (κ3) is 33.6. The van der Waals surface area contributed by atoms with E-state index < -0.39 is 267 Å². The van der Waals surface area contributed by atoms with E-state index in [2.05, 4.69) is 71.1 Å². The highest BCUT2D eigenvalue weighted by molar-refractivity contribution is 6.06. The zero-order chi connectivity index (χ0) is 96.5. The Morgan fingerprint density at radius 2 is 0.840 bits per heavy atom. The highest BCUT2D eigenvalue weighted by Gasteiger charge is 2.40. The number of aliphatic hydroxyl groups is 1. The summed E-state index contributed by atoms with van der Waals surface area (Å²) < 4.78 is 1.50. The maximum absolute atomic E-state index is 14.6. The largest absolute Gasteiger partial charge is 0.508 e. The van der Waals surface area contributed by atoms with E-state index in [1.807, 2.05) is 96.3 Å². The maximum atomic E-state index is 14.6. The second kappa shape index (κ2) is 50.4. The number of aromatic amines is 1. The van der Waals surface area contributed by atoms with Gasteiger partial charge >= 0.3 is 29.8 Å². The van der Waals surface area contributed by atoms with Gasteiger partial charge in [-0.3, -0.25) is 86.3 Å². The summed E-state index contributed by atoms with van der Waals surface area (Å²) in [5.41, 5.74) is 19.3.